The van der Waals surface area contributed by atoms with Crippen molar-refractivity contribution in [2.24, 2.45) is 0 Å². The van der Waals surface area contributed by atoms with E-state index in [9.17, 15) is 0 Å². The molecule has 0 aromatic heterocycles. The van der Waals surface area contributed by atoms with Gasteiger partial charge in [0.15, 0.2) is 0 Å². The van der Waals surface area contributed by atoms with Crippen LogP contribution in [0.4, 0.5) is 11.4 Å². The number of nitrogens with zero attached hydrogens (tertiary/aromatic N) is 3. The molecule has 1 fully saturated rings. The number of anilines is 2. The highest BCUT2D eigenvalue weighted by Crippen LogP contribution is 2.37. The Morgan fingerprint density at radius 1 is 0.886 bits per heavy atom. The van der Waals surface area contributed by atoms with Gasteiger partial charge in [-0.15, -0.1) is 0 Å². The zero-order valence-electron chi connectivity index (χ0n) is 21.8. The van der Waals surface area contributed by atoms with Crippen LogP contribution >= 0.6 is 0 Å². The van der Waals surface area contributed by atoms with Gasteiger partial charge in [-0.25, -0.2) is 0 Å². The van der Waals surface area contributed by atoms with E-state index in [0.717, 1.165) is 32.6 Å². The van der Waals surface area contributed by atoms with Gasteiger partial charge in [0, 0.05) is 57.7 Å². The fourth-order valence-corrected chi connectivity index (χ4v) is 5.62. The third-order valence-corrected chi connectivity index (χ3v) is 7.69. The molecule has 1 saturated heterocycles. The van der Waals surface area contributed by atoms with Gasteiger partial charge in [-0.2, -0.15) is 0 Å². The number of piperidine rings is 1. The third-order valence-electron chi connectivity index (χ3n) is 7.69. The molecule has 1 aliphatic heterocycles. The van der Waals surface area contributed by atoms with Crippen molar-refractivity contribution in [2.75, 3.05) is 43.5 Å². The SMILES string of the molecule is CC(C)=CCN(Cc1ccc2c(c1)Cc1ccccc1-2)C1CCN(c2ccc(N(C)C)cc2)CC1. The Bertz CT molecular complexity index is 1180. The molecule has 0 atom stereocenters. The highest BCUT2D eigenvalue weighted by atomic mass is 15.2. The molecule has 3 nitrogen and oxygen atoms in total. The van der Waals surface area contributed by atoms with Crippen molar-refractivity contribution in [3.63, 3.8) is 0 Å². The van der Waals surface area contributed by atoms with Crippen LogP contribution in [-0.4, -0.2) is 44.7 Å². The average molecular weight is 466 g/mol. The molecule has 0 N–H and O–H groups in total. The van der Waals surface area contributed by atoms with Gasteiger partial charge in [0.05, 0.1) is 0 Å². The normalized spacial score (nSPS) is 15.2. The van der Waals surface area contributed by atoms with Crippen LogP contribution in [0.15, 0.2) is 78.4 Å². The molecule has 0 unspecified atom stereocenters. The van der Waals surface area contributed by atoms with Gasteiger partial charge in [-0.3, -0.25) is 4.90 Å². The minimum absolute atomic E-state index is 0.619. The van der Waals surface area contributed by atoms with E-state index < -0.39 is 0 Å². The van der Waals surface area contributed by atoms with E-state index >= 15 is 0 Å². The number of benzene rings is 3. The van der Waals surface area contributed by atoms with Crippen LogP contribution in [0.1, 0.15) is 43.4 Å². The lowest BCUT2D eigenvalue weighted by atomic mass is 9.99. The maximum absolute atomic E-state index is 2.71. The molecular weight excluding hydrogens is 426 g/mol. The van der Waals surface area contributed by atoms with E-state index in [4.69, 9.17) is 0 Å². The maximum Gasteiger partial charge on any atom is 0.0367 e. The quantitative estimate of drug-likeness (QED) is 0.279. The lowest BCUT2D eigenvalue weighted by Crippen LogP contribution is -2.44. The van der Waals surface area contributed by atoms with E-state index in [2.05, 4.69) is 115 Å². The van der Waals surface area contributed by atoms with Crippen molar-refractivity contribution in [3.05, 3.63) is 95.1 Å². The summed E-state index contributed by atoms with van der Waals surface area (Å²) in [6, 6.07) is 25.7. The number of hydrogen-bond acceptors (Lipinski definition) is 3. The predicted octanol–water partition coefficient (Wildman–Crippen LogP) is 6.76. The van der Waals surface area contributed by atoms with Crippen molar-refractivity contribution >= 4 is 11.4 Å². The minimum Gasteiger partial charge on any atom is -0.378 e. The van der Waals surface area contributed by atoms with Gasteiger partial charge in [0.2, 0.25) is 0 Å². The number of rotatable bonds is 7. The van der Waals surface area contributed by atoms with E-state index in [1.807, 2.05) is 0 Å². The van der Waals surface area contributed by atoms with Crippen molar-refractivity contribution in [1.29, 1.82) is 0 Å². The summed E-state index contributed by atoms with van der Waals surface area (Å²) in [5.41, 5.74) is 11.2. The lowest BCUT2D eigenvalue weighted by molar-refractivity contribution is 0.178. The Balaban J connectivity index is 1.27. The first-order valence-electron chi connectivity index (χ1n) is 13.1. The molecule has 2 aliphatic rings. The van der Waals surface area contributed by atoms with Crippen molar-refractivity contribution in [2.45, 2.75) is 45.7 Å². The molecular formula is C32H39N3. The second-order valence-electron chi connectivity index (χ2n) is 10.7. The van der Waals surface area contributed by atoms with Gasteiger partial charge < -0.3 is 9.80 Å². The monoisotopic (exact) mass is 465 g/mol. The molecule has 5 rings (SSSR count). The van der Waals surface area contributed by atoms with Crippen LogP contribution in [0, 0.1) is 0 Å². The fourth-order valence-electron chi connectivity index (χ4n) is 5.62. The summed E-state index contributed by atoms with van der Waals surface area (Å²) in [6.45, 7) is 8.72. The second kappa shape index (κ2) is 10.3. The zero-order valence-corrected chi connectivity index (χ0v) is 21.8. The van der Waals surface area contributed by atoms with Crippen LogP contribution in [0.2, 0.25) is 0 Å². The Labute approximate surface area is 211 Å². The fraction of sp³-hybridized carbons (Fsp3) is 0.375. The van der Waals surface area contributed by atoms with Crippen molar-refractivity contribution < 1.29 is 0 Å². The molecule has 0 bridgehead atoms. The summed E-state index contributed by atoms with van der Waals surface area (Å²) in [5.74, 6) is 0. The number of hydrogen-bond donors (Lipinski definition) is 0. The first-order chi connectivity index (χ1) is 17.0. The van der Waals surface area contributed by atoms with Crippen LogP contribution in [0.25, 0.3) is 11.1 Å². The lowest BCUT2D eigenvalue weighted by Gasteiger charge is -2.39. The number of fused-ring (bicyclic) bond motifs is 3. The van der Waals surface area contributed by atoms with Gasteiger partial charge in [0.1, 0.15) is 0 Å². The molecule has 3 aromatic carbocycles. The van der Waals surface area contributed by atoms with Gasteiger partial charge in [0.25, 0.3) is 0 Å². The average Bonchev–Trinajstić information content (AvgIpc) is 3.24. The summed E-state index contributed by atoms with van der Waals surface area (Å²) >= 11 is 0. The molecule has 3 aromatic rings. The largest absolute Gasteiger partial charge is 0.378 e. The summed E-state index contributed by atoms with van der Waals surface area (Å²) in [7, 11) is 4.20. The first-order valence-corrected chi connectivity index (χ1v) is 13.1. The van der Waals surface area contributed by atoms with E-state index in [1.54, 1.807) is 0 Å². The summed E-state index contributed by atoms with van der Waals surface area (Å²) in [6.07, 6.45) is 5.89. The Hall–Kier alpha value is -3.04. The smallest absolute Gasteiger partial charge is 0.0367 e. The summed E-state index contributed by atoms with van der Waals surface area (Å²) < 4.78 is 0. The standard InChI is InChI=1S/C32H39N3/c1-24(2)15-18-35(23-25-9-14-32-27(21-25)22-26-7-5-6-8-31(26)32)30-16-19-34(20-17-30)29-12-10-28(11-13-29)33(3)4/h5-15,21,30H,16-20,22-23H2,1-4H3. The van der Waals surface area contributed by atoms with Crippen LogP contribution < -0.4 is 9.80 Å². The molecule has 1 heterocycles. The second-order valence-corrected chi connectivity index (χ2v) is 10.7. The van der Waals surface area contributed by atoms with E-state index in [0.29, 0.717) is 6.04 Å². The van der Waals surface area contributed by atoms with Crippen molar-refractivity contribution in [3.8, 4) is 11.1 Å². The molecule has 0 spiro atoms. The Morgan fingerprint density at radius 2 is 1.60 bits per heavy atom. The van der Waals surface area contributed by atoms with E-state index in [-0.39, 0.29) is 0 Å². The van der Waals surface area contributed by atoms with Gasteiger partial charge >= 0.3 is 0 Å². The van der Waals surface area contributed by atoms with Gasteiger partial charge in [-0.05, 0) is 85.2 Å². The highest BCUT2D eigenvalue weighted by Gasteiger charge is 2.25. The Morgan fingerprint density at radius 3 is 2.31 bits per heavy atom. The summed E-state index contributed by atoms with van der Waals surface area (Å²) in [5, 5.41) is 0. The third kappa shape index (κ3) is 5.31. The van der Waals surface area contributed by atoms with Crippen molar-refractivity contribution in [1.82, 2.24) is 4.90 Å². The predicted molar refractivity (Wildman–Crippen MR) is 151 cm³/mol. The molecule has 0 radical (unpaired) electrons. The maximum atomic E-state index is 2.71. The minimum atomic E-state index is 0.619. The molecule has 182 valence electrons. The van der Waals surface area contributed by atoms with Gasteiger partial charge in [-0.1, -0.05) is 54.1 Å². The molecule has 1 aliphatic carbocycles. The molecule has 35 heavy (non-hydrogen) atoms. The summed E-state index contributed by atoms with van der Waals surface area (Å²) in [4.78, 5) is 7.43. The Kier molecular flexibility index (Phi) is 6.97. The first kappa shape index (κ1) is 23.7. The van der Waals surface area contributed by atoms with Crippen LogP contribution in [0.5, 0.6) is 0 Å². The molecule has 3 heteroatoms. The molecule has 0 amide bonds. The van der Waals surface area contributed by atoms with Crippen LogP contribution in [0.3, 0.4) is 0 Å². The zero-order chi connectivity index (χ0) is 24.4. The topological polar surface area (TPSA) is 9.72 Å². The number of allylic oxidation sites excluding steroid dienone is 1. The van der Waals surface area contributed by atoms with Crippen LogP contribution in [-0.2, 0) is 13.0 Å². The van der Waals surface area contributed by atoms with E-state index in [1.165, 1.54) is 57.6 Å². The highest BCUT2D eigenvalue weighted by molar-refractivity contribution is 5.76. The molecule has 0 saturated carbocycles.